The van der Waals surface area contributed by atoms with Gasteiger partial charge in [0, 0.05) is 33.7 Å². The normalized spacial score (nSPS) is 17.0. The molecule has 0 spiro atoms. The van der Waals surface area contributed by atoms with Crippen molar-refractivity contribution in [1.82, 2.24) is 14.9 Å². The summed E-state index contributed by atoms with van der Waals surface area (Å²) in [6.45, 7) is 8.18. The van der Waals surface area contributed by atoms with Crippen molar-refractivity contribution in [2.24, 2.45) is 0 Å². The Kier molecular flexibility index (Phi) is 6.61. The van der Waals surface area contributed by atoms with Gasteiger partial charge in [0.25, 0.3) is 0 Å². The van der Waals surface area contributed by atoms with Crippen molar-refractivity contribution in [2.75, 3.05) is 51.8 Å². The lowest BCUT2D eigenvalue weighted by Gasteiger charge is -2.30. The standard InChI is InChI=1S/C16H26N4O2/c1-4-5-6-14(13-20-7-9-21-10-8-20)22-16-12-17-11-15(18-16)19(2)3/h4,11-12,14H,1,5-10,13H2,2-3H3/t14-/m1/s1. The summed E-state index contributed by atoms with van der Waals surface area (Å²) in [5.74, 6) is 1.37. The Hall–Kier alpha value is -1.66. The Bertz CT molecular complexity index is 461. The van der Waals surface area contributed by atoms with Crippen LogP contribution < -0.4 is 9.64 Å². The van der Waals surface area contributed by atoms with Crippen LogP contribution in [0.3, 0.4) is 0 Å². The Morgan fingerprint density at radius 1 is 1.41 bits per heavy atom. The van der Waals surface area contributed by atoms with Crippen molar-refractivity contribution >= 4 is 5.82 Å². The quantitative estimate of drug-likeness (QED) is 0.680. The molecular formula is C16H26N4O2. The minimum absolute atomic E-state index is 0.0859. The zero-order valence-corrected chi connectivity index (χ0v) is 13.6. The van der Waals surface area contributed by atoms with Gasteiger partial charge in [0.15, 0.2) is 5.82 Å². The molecule has 2 heterocycles. The summed E-state index contributed by atoms with van der Waals surface area (Å²) in [4.78, 5) is 13.0. The van der Waals surface area contributed by atoms with Crippen LogP contribution in [0.25, 0.3) is 0 Å². The lowest BCUT2D eigenvalue weighted by Crippen LogP contribution is -2.42. The number of nitrogens with zero attached hydrogens (tertiary/aromatic N) is 4. The van der Waals surface area contributed by atoms with Gasteiger partial charge in [0.2, 0.25) is 5.88 Å². The van der Waals surface area contributed by atoms with Crippen LogP contribution in [0, 0.1) is 0 Å². The van der Waals surface area contributed by atoms with E-state index in [0.29, 0.717) is 5.88 Å². The lowest BCUT2D eigenvalue weighted by atomic mass is 10.2. The van der Waals surface area contributed by atoms with E-state index in [0.717, 1.165) is 51.5 Å². The molecule has 6 nitrogen and oxygen atoms in total. The van der Waals surface area contributed by atoms with Crippen molar-refractivity contribution in [2.45, 2.75) is 18.9 Å². The molecule has 0 saturated carbocycles. The summed E-state index contributed by atoms with van der Waals surface area (Å²) in [6, 6.07) is 0. The molecule has 1 saturated heterocycles. The highest BCUT2D eigenvalue weighted by atomic mass is 16.5. The van der Waals surface area contributed by atoms with E-state index in [1.54, 1.807) is 12.4 Å². The van der Waals surface area contributed by atoms with E-state index in [4.69, 9.17) is 9.47 Å². The van der Waals surface area contributed by atoms with Crippen molar-refractivity contribution in [1.29, 1.82) is 0 Å². The number of rotatable bonds is 8. The molecule has 0 radical (unpaired) electrons. The fourth-order valence-electron chi connectivity index (χ4n) is 2.34. The van der Waals surface area contributed by atoms with Crippen LogP contribution in [0.15, 0.2) is 25.0 Å². The highest BCUT2D eigenvalue weighted by Crippen LogP contribution is 2.16. The Balaban J connectivity index is 1.98. The molecule has 0 unspecified atom stereocenters. The topological polar surface area (TPSA) is 50.7 Å². The monoisotopic (exact) mass is 306 g/mol. The number of hydrogen-bond acceptors (Lipinski definition) is 6. The summed E-state index contributed by atoms with van der Waals surface area (Å²) in [5.41, 5.74) is 0. The van der Waals surface area contributed by atoms with Crippen molar-refractivity contribution < 1.29 is 9.47 Å². The smallest absolute Gasteiger partial charge is 0.234 e. The Morgan fingerprint density at radius 3 is 2.86 bits per heavy atom. The van der Waals surface area contributed by atoms with Crippen LogP contribution in [-0.4, -0.2) is 67.9 Å². The molecule has 1 aliphatic rings. The maximum absolute atomic E-state index is 6.08. The first-order valence-corrected chi connectivity index (χ1v) is 7.76. The average Bonchev–Trinajstić information content (AvgIpc) is 2.54. The van der Waals surface area contributed by atoms with Gasteiger partial charge in [0.05, 0.1) is 25.6 Å². The van der Waals surface area contributed by atoms with E-state index in [1.807, 2.05) is 25.1 Å². The van der Waals surface area contributed by atoms with Crippen LogP contribution >= 0.6 is 0 Å². The largest absolute Gasteiger partial charge is 0.472 e. The van der Waals surface area contributed by atoms with Crippen LogP contribution in [0.5, 0.6) is 5.88 Å². The second-order valence-electron chi connectivity index (χ2n) is 5.63. The molecule has 2 rings (SSSR count). The minimum Gasteiger partial charge on any atom is -0.472 e. The SMILES string of the molecule is C=CCC[C@H](CN1CCOCC1)Oc1cncc(N(C)C)n1. The van der Waals surface area contributed by atoms with Gasteiger partial charge in [-0.15, -0.1) is 6.58 Å². The zero-order chi connectivity index (χ0) is 15.8. The summed E-state index contributed by atoms with van der Waals surface area (Å²) >= 11 is 0. The summed E-state index contributed by atoms with van der Waals surface area (Å²) in [7, 11) is 3.88. The van der Waals surface area contributed by atoms with E-state index in [-0.39, 0.29) is 6.10 Å². The molecule has 0 N–H and O–H groups in total. The molecule has 122 valence electrons. The summed E-state index contributed by atoms with van der Waals surface area (Å²) in [6.07, 6.45) is 7.27. The number of anilines is 1. The van der Waals surface area contributed by atoms with Crippen LogP contribution in [-0.2, 0) is 4.74 Å². The minimum atomic E-state index is 0.0859. The highest BCUT2D eigenvalue weighted by molar-refractivity contribution is 5.34. The Morgan fingerprint density at radius 2 is 2.18 bits per heavy atom. The molecule has 0 amide bonds. The molecule has 1 aromatic rings. The van der Waals surface area contributed by atoms with Gasteiger partial charge in [-0.3, -0.25) is 9.88 Å². The average molecular weight is 306 g/mol. The molecule has 1 aromatic heterocycles. The molecule has 6 heteroatoms. The lowest BCUT2D eigenvalue weighted by molar-refractivity contribution is 0.0174. The van der Waals surface area contributed by atoms with Crippen LogP contribution in [0.4, 0.5) is 5.82 Å². The molecule has 22 heavy (non-hydrogen) atoms. The first-order valence-electron chi connectivity index (χ1n) is 7.76. The predicted molar refractivity (Wildman–Crippen MR) is 87.5 cm³/mol. The van der Waals surface area contributed by atoms with E-state index >= 15 is 0 Å². The zero-order valence-electron chi connectivity index (χ0n) is 13.6. The molecule has 0 bridgehead atoms. The summed E-state index contributed by atoms with van der Waals surface area (Å²) < 4.78 is 11.5. The third-order valence-corrected chi connectivity index (χ3v) is 3.60. The molecule has 0 aliphatic carbocycles. The number of hydrogen-bond donors (Lipinski definition) is 0. The first-order chi connectivity index (χ1) is 10.7. The van der Waals surface area contributed by atoms with Crippen LogP contribution in [0.2, 0.25) is 0 Å². The number of aromatic nitrogens is 2. The number of ether oxygens (including phenoxy) is 2. The predicted octanol–water partition coefficient (Wildman–Crippen LogP) is 1.59. The van der Waals surface area contributed by atoms with Crippen molar-refractivity contribution in [3.05, 3.63) is 25.0 Å². The van der Waals surface area contributed by atoms with Crippen molar-refractivity contribution in [3.8, 4) is 5.88 Å². The van der Waals surface area contributed by atoms with E-state index in [1.165, 1.54) is 0 Å². The maximum Gasteiger partial charge on any atom is 0.234 e. The van der Waals surface area contributed by atoms with E-state index < -0.39 is 0 Å². The highest BCUT2D eigenvalue weighted by Gasteiger charge is 2.18. The molecular weight excluding hydrogens is 280 g/mol. The molecule has 1 fully saturated rings. The van der Waals surface area contributed by atoms with Crippen LogP contribution in [0.1, 0.15) is 12.8 Å². The second kappa shape index (κ2) is 8.70. The fourth-order valence-corrected chi connectivity index (χ4v) is 2.34. The van der Waals surface area contributed by atoms with Gasteiger partial charge < -0.3 is 14.4 Å². The molecule has 0 aromatic carbocycles. The first kappa shape index (κ1) is 16.7. The van der Waals surface area contributed by atoms with Gasteiger partial charge in [-0.2, -0.15) is 4.98 Å². The van der Waals surface area contributed by atoms with Crippen molar-refractivity contribution in [3.63, 3.8) is 0 Å². The van der Waals surface area contributed by atoms with Gasteiger partial charge >= 0.3 is 0 Å². The third-order valence-electron chi connectivity index (χ3n) is 3.60. The van der Waals surface area contributed by atoms with E-state index in [9.17, 15) is 0 Å². The summed E-state index contributed by atoms with van der Waals surface area (Å²) in [5, 5.41) is 0. The fraction of sp³-hybridized carbons (Fsp3) is 0.625. The molecule has 1 aliphatic heterocycles. The number of allylic oxidation sites excluding steroid dienone is 1. The van der Waals surface area contributed by atoms with Gasteiger partial charge in [-0.25, -0.2) is 0 Å². The van der Waals surface area contributed by atoms with Gasteiger partial charge in [0.1, 0.15) is 6.10 Å². The maximum atomic E-state index is 6.08. The van der Waals surface area contributed by atoms with Gasteiger partial charge in [-0.1, -0.05) is 6.08 Å². The Labute approximate surface area is 132 Å². The third kappa shape index (κ3) is 5.27. The number of morpholine rings is 1. The van der Waals surface area contributed by atoms with Gasteiger partial charge in [-0.05, 0) is 12.8 Å². The second-order valence-corrected chi connectivity index (χ2v) is 5.63. The van der Waals surface area contributed by atoms with E-state index in [2.05, 4.69) is 21.4 Å². The molecule has 1 atom stereocenters.